The summed E-state index contributed by atoms with van der Waals surface area (Å²) in [6.07, 6.45) is 1.42. The van der Waals surface area contributed by atoms with Crippen molar-refractivity contribution in [2.24, 2.45) is 5.92 Å². The summed E-state index contributed by atoms with van der Waals surface area (Å²) in [6, 6.07) is 0. The molecular weight excluding hydrogens is 144 g/mol. The summed E-state index contributed by atoms with van der Waals surface area (Å²) in [7, 11) is 0. The third-order valence-electron chi connectivity index (χ3n) is 1.06. The largest absolute Gasteiger partial charge is 0.456 e. The first kappa shape index (κ1) is 9.88. The van der Waals surface area contributed by atoms with E-state index in [0.29, 0.717) is 0 Å². The highest BCUT2D eigenvalue weighted by Gasteiger charge is 2.17. The molecule has 0 amide bonds. The average molecular weight is 156 g/mol. The second-order valence-corrected chi connectivity index (χ2v) is 2.41. The number of hydrogen-bond acceptors (Lipinski definition) is 3. The quantitative estimate of drug-likeness (QED) is 0.345. The van der Waals surface area contributed by atoms with Crippen molar-refractivity contribution >= 4 is 11.8 Å². The van der Waals surface area contributed by atoms with E-state index in [2.05, 4.69) is 11.3 Å². The van der Waals surface area contributed by atoms with Gasteiger partial charge >= 0.3 is 5.97 Å². The van der Waals surface area contributed by atoms with Gasteiger partial charge in [0.05, 0.1) is 0 Å². The zero-order chi connectivity index (χ0) is 8.85. The molecule has 0 aliphatic heterocycles. The van der Waals surface area contributed by atoms with E-state index >= 15 is 0 Å². The Morgan fingerprint density at radius 3 is 2.45 bits per heavy atom. The fourth-order valence-electron chi connectivity index (χ4n) is 0.441. The predicted molar refractivity (Wildman–Crippen MR) is 41.0 cm³/mol. The van der Waals surface area contributed by atoms with Gasteiger partial charge in [-0.05, 0) is 0 Å². The zero-order valence-corrected chi connectivity index (χ0v) is 6.79. The van der Waals surface area contributed by atoms with Gasteiger partial charge in [-0.15, -0.1) is 0 Å². The van der Waals surface area contributed by atoms with Crippen LogP contribution in [-0.4, -0.2) is 18.4 Å². The molecule has 3 nitrogen and oxygen atoms in total. The van der Waals surface area contributed by atoms with Crippen LogP contribution in [0.2, 0.25) is 0 Å². The fraction of sp³-hybridized carbons (Fsp3) is 0.500. The number of rotatable bonds is 4. The van der Waals surface area contributed by atoms with Crippen molar-refractivity contribution in [2.75, 3.05) is 6.61 Å². The number of Topliss-reactive ketones (excluding diaryl/α,β-unsaturated/α-hetero) is 1. The van der Waals surface area contributed by atoms with Gasteiger partial charge in [0.1, 0.15) is 6.61 Å². The van der Waals surface area contributed by atoms with Crippen LogP contribution in [0.3, 0.4) is 0 Å². The number of carbonyl (C=O) groups excluding carboxylic acids is 2. The van der Waals surface area contributed by atoms with E-state index in [1.807, 2.05) is 0 Å². The molecule has 0 saturated heterocycles. The van der Waals surface area contributed by atoms with E-state index in [9.17, 15) is 9.59 Å². The molecule has 0 spiro atoms. The molecule has 3 heteroatoms. The maximum Gasteiger partial charge on any atom is 0.375 e. The van der Waals surface area contributed by atoms with Gasteiger partial charge in [0.25, 0.3) is 0 Å². The summed E-state index contributed by atoms with van der Waals surface area (Å²) in [5, 5.41) is 0. The molecule has 0 unspecified atom stereocenters. The molecule has 0 N–H and O–H groups in total. The molecule has 0 radical (unpaired) electrons. The van der Waals surface area contributed by atoms with Crippen molar-refractivity contribution in [3.8, 4) is 0 Å². The molecule has 0 rings (SSSR count). The van der Waals surface area contributed by atoms with Gasteiger partial charge in [-0.2, -0.15) is 0 Å². The number of carbonyl (C=O) groups is 2. The maximum atomic E-state index is 10.8. The molecule has 0 aromatic heterocycles. The van der Waals surface area contributed by atoms with Gasteiger partial charge in [-0.25, -0.2) is 4.79 Å². The molecule has 0 aromatic carbocycles. The van der Waals surface area contributed by atoms with Crippen molar-refractivity contribution in [3.63, 3.8) is 0 Å². The van der Waals surface area contributed by atoms with Crippen molar-refractivity contribution in [3.05, 3.63) is 12.7 Å². The summed E-state index contributed by atoms with van der Waals surface area (Å²) in [6.45, 7) is 6.74. The third kappa shape index (κ3) is 3.55. The lowest BCUT2D eigenvalue weighted by atomic mass is 10.1. The number of ketones is 1. The Kier molecular flexibility index (Phi) is 4.18. The highest BCUT2D eigenvalue weighted by atomic mass is 16.5. The molecule has 0 fully saturated rings. The van der Waals surface area contributed by atoms with Gasteiger partial charge in [0, 0.05) is 5.92 Å². The van der Waals surface area contributed by atoms with E-state index in [1.165, 1.54) is 6.08 Å². The standard InChI is InChI=1S/C8H12O3/c1-4-5-11-8(10)7(9)6(2)3/h4,6H,1,5H2,2-3H3. The molecule has 62 valence electrons. The Morgan fingerprint density at radius 2 is 2.09 bits per heavy atom. The van der Waals surface area contributed by atoms with E-state index in [4.69, 9.17) is 0 Å². The van der Waals surface area contributed by atoms with Gasteiger partial charge in [0.15, 0.2) is 0 Å². The van der Waals surface area contributed by atoms with Crippen LogP contribution in [0.4, 0.5) is 0 Å². The highest BCUT2D eigenvalue weighted by Crippen LogP contribution is 1.95. The molecule has 0 aromatic rings. The first-order valence-electron chi connectivity index (χ1n) is 3.41. The van der Waals surface area contributed by atoms with E-state index in [1.54, 1.807) is 13.8 Å². The van der Waals surface area contributed by atoms with Gasteiger partial charge < -0.3 is 4.74 Å². The van der Waals surface area contributed by atoms with Crippen molar-refractivity contribution in [2.45, 2.75) is 13.8 Å². The second kappa shape index (κ2) is 4.66. The molecule has 0 heterocycles. The van der Waals surface area contributed by atoms with Crippen molar-refractivity contribution in [1.82, 2.24) is 0 Å². The minimum Gasteiger partial charge on any atom is -0.456 e. The lowest BCUT2D eigenvalue weighted by Gasteiger charge is -2.02. The summed E-state index contributed by atoms with van der Waals surface area (Å²) in [4.78, 5) is 21.6. The average Bonchev–Trinajstić information content (AvgIpc) is 1.98. The lowest BCUT2D eigenvalue weighted by Crippen LogP contribution is -2.22. The Bertz CT molecular complexity index is 170. The van der Waals surface area contributed by atoms with Crippen LogP contribution in [0.25, 0.3) is 0 Å². The summed E-state index contributed by atoms with van der Waals surface area (Å²) >= 11 is 0. The summed E-state index contributed by atoms with van der Waals surface area (Å²) in [5.74, 6) is -1.57. The molecule has 0 aliphatic rings. The third-order valence-corrected chi connectivity index (χ3v) is 1.06. The minimum absolute atomic E-state index is 0.0945. The smallest absolute Gasteiger partial charge is 0.375 e. The summed E-state index contributed by atoms with van der Waals surface area (Å²) < 4.78 is 4.51. The van der Waals surface area contributed by atoms with Crippen LogP contribution >= 0.6 is 0 Å². The Hall–Kier alpha value is -1.12. The molecule has 0 aliphatic carbocycles. The van der Waals surface area contributed by atoms with Gasteiger partial charge in [-0.3, -0.25) is 4.79 Å². The van der Waals surface area contributed by atoms with E-state index < -0.39 is 11.8 Å². The molecule has 11 heavy (non-hydrogen) atoms. The minimum atomic E-state index is -0.778. The first-order valence-corrected chi connectivity index (χ1v) is 3.41. The molecule has 0 saturated carbocycles. The van der Waals surface area contributed by atoms with Crippen LogP contribution in [-0.2, 0) is 14.3 Å². The van der Waals surface area contributed by atoms with E-state index in [0.717, 1.165) is 0 Å². The van der Waals surface area contributed by atoms with Crippen LogP contribution in [0.1, 0.15) is 13.8 Å². The van der Waals surface area contributed by atoms with Crippen LogP contribution in [0.15, 0.2) is 12.7 Å². The fourth-order valence-corrected chi connectivity index (χ4v) is 0.441. The topological polar surface area (TPSA) is 43.4 Å². The number of esters is 1. The van der Waals surface area contributed by atoms with Crippen LogP contribution in [0.5, 0.6) is 0 Å². The lowest BCUT2D eigenvalue weighted by molar-refractivity contribution is -0.154. The molecule has 0 atom stereocenters. The predicted octanol–water partition coefficient (Wildman–Crippen LogP) is 0.941. The SMILES string of the molecule is C=CCOC(=O)C(=O)C(C)C. The van der Waals surface area contributed by atoms with Crippen molar-refractivity contribution in [1.29, 1.82) is 0 Å². The van der Waals surface area contributed by atoms with E-state index in [-0.39, 0.29) is 12.5 Å². The Labute approximate surface area is 66.0 Å². The van der Waals surface area contributed by atoms with Crippen molar-refractivity contribution < 1.29 is 14.3 Å². The Morgan fingerprint density at radius 1 is 1.55 bits per heavy atom. The molecular formula is C8H12O3. The highest BCUT2D eigenvalue weighted by molar-refractivity contribution is 6.34. The maximum absolute atomic E-state index is 10.8. The van der Waals surface area contributed by atoms with Gasteiger partial charge in [-0.1, -0.05) is 26.5 Å². The Balaban J connectivity index is 3.83. The van der Waals surface area contributed by atoms with Gasteiger partial charge in [0.2, 0.25) is 5.78 Å². The van der Waals surface area contributed by atoms with Crippen LogP contribution < -0.4 is 0 Å². The monoisotopic (exact) mass is 156 g/mol. The normalized spacial score (nSPS) is 9.36. The molecule has 0 bridgehead atoms. The second-order valence-electron chi connectivity index (χ2n) is 2.41. The zero-order valence-electron chi connectivity index (χ0n) is 6.79. The van der Waals surface area contributed by atoms with Crippen LogP contribution in [0, 0.1) is 5.92 Å². The number of ether oxygens (including phenoxy) is 1. The first-order chi connectivity index (χ1) is 5.09. The number of hydrogen-bond donors (Lipinski definition) is 0. The summed E-state index contributed by atoms with van der Waals surface area (Å²) in [5.41, 5.74) is 0.